The fourth-order valence-corrected chi connectivity index (χ4v) is 3.98. The molecule has 0 amide bonds. The lowest BCUT2D eigenvalue weighted by molar-refractivity contribution is 0.161. The summed E-state index contributed by atoms with van der Waals surface area (Å²) in [5, 5.41) is 4.93. The van der Waals surface area contributed by atoms with Crippen LogP contribution < -0.4 is 0 Å². The Kier molecular flexibility index (Phi) is 3.46. The van der Waals surface area contributed by atoms with E-state index < -0.39 is 0 Å². The van der Waals surface area contributed by atoms with Crippen molar-refractivity contribution in [1.82, 2.24) is 15.0 Å². The fourth-order valence-electron chi connectivity index (χ4n) is 3.77. The Labute approximate surface area is 135 Å². The fraction of sp³-hybridized carbons (Fsp3) is 0.529. The van der Waals surface area contributed by atoms with Crippen molar-refractivity contribution in [3.63, 3.8) is 0 Å². The lowest BCUT2D eigenvalue weighted by atomic mass is 9.90. The van der Waals surface area contributed by atoms with Gasteiger partial charge in [0.1, 0.15) is 0 Å². The van der Waals surface area contributed by atoms with E-state index in [1.165, 1.54) is 24.8 Å². The Balaban J connectivity index is 1.36. The van der Waals surface area contributed by atoms with Crippen LogP contribution in [0, 0.1) is 12.3 Å². The predicted molar refractivity (Wildman–Crippen MR) is 84.8 cm³/mol. The highest BCUT2D eigenvalue weighted by Gasteiger charge is 2.57. The second kappa shape index (κ2) is 5.36. The van der Waals surface area contributed by atoms with E-state index in [-0.39, 0.29) is 0 Å². The van der Waals surface area contributed by atoms with Gasteiger partial charge >= 0.3 is 0 Å². The maximum absolute atomic E-state index is 6.07. The second-order valence-corrected chi connectivity index (χ2v) is 7.13. The molecule has 1 saturated heterocycles. The lowest BCUT2D eigenvalue weighted by Crippen LogP contribution is -2.34. The average molecular weight is 318 g/mol. The quantitative estimate of drug-likeness (QED) is 0.863. The number of benzene rings is 1. The number of aryl methyl sites for hydroxylation is 1. The van der Waals surface area contributed by atoms with E-state index in [0.717, 1.165) is 30.5 Å². The van der Waals surface area contributed by atoms with Gasteiger partial charge in [0.2, 0.25) is 5.89 Å². The standard InChI is InChI=1S/C17H20ClN3O/c1-12-19-16(20-22-12)15-10-17(15)5-7-21(8-6-17)11-13-3-2-4-14(18)9-13/h2-4,9,15H,5-8,10-11H2,1H3. The van der Waals surface area contributed by atoms with Gasteiger partial charge in [0, 0.05) is 24.4 Å². The molecule has 1 unspecified atom stereocenters. The molecule has 1 aromatic heterocycles. The Morgan fingerprint density at radius 1 is 1.36 bits per heavy atom. The summed E-state index contributed by atoms with van der Waals surface area (Å²) < 4.78 is 5.13. The van der Waals surface area contributed by atoms with Crippen molar-refractivity contribution < 1.29 is 4.52 Å². The number of piperidine rings is 1. The van der Waals surface area contributed by atoms with Crippen LogP contribution in [0.15, 0.2) is 28.8 Å². The molecule has 4 nitrogen and oxygen atoms in total. The van der Waals surface area contributed by atoms with Gasteiger partial charge < -0.3 is 4.52 Å². The molecule has 22 heavy (non-hydrogen) atoms. The van der Waals surface area contributed by atoms with Crippen LogP contribution in [-0.4, -0.2) is 28.1 Å². The van der Waals surface area contributed by atoms with Gasteiger partial charge in [-0.2, -0.15) is 4.98 Å². The molecule has 1 atom stereocenters. The predicted octanol–water partition coefficient (Wildman–Crippen LogP) is 3.80. The minimum absolute atomic E-state index is 0.432. The molecule has 2 fully saturated rings. The highest BCUT2D eigenvalue weighted by molar-refractivity contribution is 6.30. The Morgan fingerprint density at radius 3 is 2.86 bits per heavy atom. The van der Waals surface area contributed by atoms with Crippen molar-refractivity contribution in [2.75, 3.05) is 13.1 Å². The normalized spacial score (nSPS) is 23.8. The molecule has 1 spiro atoms. The van der Waals surface area contributed by atoms with Crippen LogP contribution in [-0.2, 0) is 6.54 Å². The molecule has 0 bridgehead atoms. The number of hydrogen-bond acceptors (Lipinski definition) is 4. The third kappa shape index (κ3) is 2.66. The Morgan fingerprint density at radius 2 is 2.18 bits per heavy atom. The van der Waals surface area contributed by atoms with Gasteiger partial charge in [-0.25, -0.2) is 0 Å². The van der Waals surface area contributed by atoms with Gasteiger partial charge in [-0.15, -0.1) is 0 Å². The maximum Gasteiger partial charge on any atom is 0.223 e. The monoisotopic (exact) mass is 317 g/mol. The van der Waals surface area contributed by atoms with Gasteiger partial charge in [-0.05, 0) is 55.5 Å². The summed E-state index contributed by atoms with van der Waals surface area (Å²) in [5.41, 5.74) is 1.73. The third-order valence-electron chi connectivity index (χ3n) is 5.19. The summed E-state index contributed by atoms with van der Waals surface area (Å²) >= 11 is 6.07. The van der Waals surface area contributed by atoms with Crippen LogP contribution in [0.1, 0.15) is 42.5 Å². The van der Waals surface area contributed by atoms with E-state index >= 15 is 0 Å². The van der Waals surface area contributed by atoms with Crippen molar-refractivity contribution >= 4 is 11.6 Å². The van der Waals surface area contributed by atoms with Crippen LogP contribution in [0.25, 0.3) is 0 Å². The van der Waals surface area contributed by atoms with E-state index in [2.05, 4.69) is 27.2 Å². The summed E-state index contributed by atoms with van der Waals surface area (Å²) in [6, 6.07) is 8.17. The van der Waals surface area contributed by atoms with Crippen LogP contribution in [0.4, 0.5) is 0 Å². The van der Waals surface area contributed by atoms with Crippen molar-refractivity contribution in [3.8, 4) is 0 Å². The van der Waals surface area contributed by atoms with E-state index in [1.54, 1.807) is 0 Å². The van der Waals surface area contributed by atoms with E-state index in [0.29, 0.717) is 17.2 Å². The zero-order valence-corrected chi connectivity index (χ0v) is 13.5. The van der Waals surface area contributed by atoms with Crippen molar-refractivity contribution in [2.24, 2.45) is 5.41 Å². The number of aromatic nitrogens is 2. The average Bonchev–Trinajstić information content (AvgIpc) is 3.02. The van der Waals surface area contributed by atoms with Crippen LogP contribution in [0.3, 0.4) is 0 Å². The van der Waals surface area contributed by atoms with Crippen molar-refractivity contribution in [2.45, 2.75) is 38.6 Å². The van der Waals surface area contributed by atoms with Gasteiger partial charge in [-0.1, -0.05) is 28.9 Å². The molecule has 1 aliphatic carbocycles. The first-order valence-corrected chi connectivity index (χ1v) is 8.29. The third-order valence-corrected chi connectivity index (χ3v) is 5.43. The maximum atomic E-state index is 6.07. The van der Waals surface area contributed by atoms with Crippen LogP contribution >= 0.6 is 11.6 Å². The molecule has 0 N–H and O–H groups in total. The number of likely N-dealkylation sites (tertiary alicyclic amines) is 1. The molecule has 5 heteroatoms. The summed E-state index contributed by atoms with van der Waals surface area (Å²) in [7, 11) is 0. The topological polar surface area (TPSA) is 42.2 Å². The summed E-state index contributed by atoms with van der Waals surface area (Å²) in [6.45, 7) is 5.13. The molecule has 116 valence electrons. The molecular formula is C17H20ClN3O. The molecule has 1 aliphatic heterocycles. The minimum atomic E-state index is 0.432. The van der Waals surface area contributed by atoms with Gasteiger partial charge in [0.15, 0.2) is 5.82 Å². The zero-order valence-electron chi connectivity index (χ0n) is 12.8. The zero-order chi connectivity index (χ0) is 15.2. The number of halogens is 1. The Hall–Kier alpha value is -1.39. The van der Waals surface area contributed by atoms with E-state index in [1.807, 2.05) is 19.1 Å². The molecular weight excluding hydrogens is 298 g/mol. The molecule has 1 aromatic carbocycles. The highest BCUT2D eigenvalue weighted by Crippen LogP contribution is 2.64. The van der Waals surface area contributed by atoms with Gasteiger partial charge in [0.05, 0.1) is 0 Å². The number of hydrogen-bond donors (Lipinski definition) is 0. The molecule has 2 aromatic rings. The largest absolute Gasteiger partial charge is 0.340 e. The first kappa shape index (κ1) is 14.2. The van der Waals surface area contributed by atoms with Gasteiger partial charge in [0.25, 0.3) is 0 Å². The van der Waals surface area contributed by atoms with E-state index in [4.69, 9.17) is 16.1 Å². The van der Waals surface area contributed by atoms with Crippen LogP contribution in [0.5, 0.6) is 0 Å². The number of nitrogens with zero attached hydrogens (tertiary/aromatic N) is 3. The summed E-state index contributed by atoms with van der Waals surface area (Å²) in [5.74, 6) is 2.11. The second-order valence-electron chi connectivity index (χ2n) is 6.70. The van der Waals surface area contributed by atoms with Crippen LogP contribution in [0.2, 0.25) is 5.02 Å². The molecule has 2 heterocycles. The molecule has 1 saturated carbocycles. The minimum Gasteiger partial charge on any atom is -0.340 e. The highest BCUT2D eigenvalue weighted by atomic mass is 35.5. The van der Waals surface area contributed by atoms with Crippen molar-refractivity contribution in [1.29, 1.82) is 0 Å². The molecule has 0 radical (unpaired) electrons. The Bertz CT molecular complexity index is 676. The first-order chi connectivity index (χ1) is 10.6. The molecule has 4 rings (SSSR count). The van der Waals surface area contributed by atoms with Gasteiger partial charge in [-0.3, -0.25) is 4.90 Å². The molecule has 2 aliphatic rings. The first-order valence-electron chi connectivity index (χ1n) is 7.92. The van der Waals surface area contributed by atoms with Crippen molar-refractivity contribution in [3.05, 3.63) is 46.6 Å². The lowest BCUT2D eigenvalue weighted by Gasteiger charge is -2.32. The van der Waals surface area contributed by atoms with E-state index in [9.17, 15) is 0 Å². The smallest absolute Gasteiger partial charge is 0.223 e. The SMILES string of the molecule is Cc1nc(C2CC23CCN(Cc2cccc(Cl)c2)CC3)no1. The summed E-state index contributed by atoms with van der Waals surface area (Å²) in [6.07, 6.45) is 3.68. The number of rotatable bonds is 3. The summed E-state index contributed by atoms with van der Waals surface area (Å²) in [4.78, 5) is 6.93.